The molecule has 3 aromatic rings. The fourth-order valence-electron chi connectivity index (χ4n) is 2.83. The molecule has 5 nitrogen and oxygen atoms in total. The van der Waals surface area contributed by atoms with Crippen LogP contribution in [0.3, 0.4) is 0 Å². The van der Waals surface area contributed by atoms with Crippen molar-refractivity contribution < 1.29 is 19.0 Å². The lowest BCUT2D eigenvalue weighted by Gasteiger charge is -2.14. The maximum atomic E-state index is 9.32. The highest BCUT2D eigenvalue weighted by atomic mass is 32.1. The molecule has 0 unspecified atom stereocenters. The molecular weight excluding hydrogens is 362 g/mol. The zero-order valence-corrected chi connectivity index (χ0v) is 16.5. The quantitative estimate of drug-likeness (QED) is 0.563. The summed E-state index contributed by atoms with van der Waals surface area (Å²) in [4.78, 5) is 5.62. The van der Waals surface area contributed by atoms with E-state index in [1.807, 2.05) is 55.6 Å². The van der Waals surface area contributed by atoms with Gasteiger partial charge in [-0.1, -0.05) is 18.2 Å². The third kappa shape index (κ3) is 5.42. The van der Waals surface area contributed by atoms with Gasteiger partial charge in [0.1, 0.15) is 11.5 Å². The number of aryl methyl sites for hydroxylation is 1. The first-order valence-corrected chi connectivity index (χ1v) is 10.0. The number of benzene rings is 1. The summed E-state index contributed by atoms with van der Waals surface area (Å²) in [7, 11) is 0. The Kier molecular flexibility index (Phi) is 7.04. The van der Waals surface area contributed by atoms with Crippen LogP contribution in [-0.2, 0) is 17.6 Å². The van der Waals surface area contributed by atoms with E-state index in [-0.39, 0.29) is 12.7 Å². The first-order valence-electron chi connectivity index (χ1n) is 9.14. The van der Waals surface area contributed by atoms with E-state index in [0.717, 1.165) is 27.6 Å². The molecule has 0 spiro atoms. The second kappa shape index (κ2) is 9.69. The molecule has 1 aromatic carbocycles. The number of aromatic nitrogens is 1. The molecule has 0 bridgehead atoms. The number of thiophene rings is 1. The number of ether oxygens (including phenoxy) is 2. The Morgan fingerprint density at radius 3 is 2.70 bits per heavy atom. The Morgan fingerprint density at radius 2 is 2.04 bits per heavy atom. The SMILES string of the molecule is CCO[C@H](CO)Cc1ccc(OCCc2nc(-c3cccs3)oc2C)cc1. The lowest BCUT2D eigenvalue weighted by atomic mass is 10.1. The summed E-state index contributed by atoms with van der Waals surface area (Å²) in [5.41, 5.74) is 2.04. The third-order valence-corrected chi connectivity index (χ3v) is 5.08. The van der Waals surface area contributed by atoms with Crippen molar-refractivity contribution in [3.63, 3.8) is 0 Å². The van der Waals surface area contributed by atoms with E-state index in [2.05, 4.69) is 4.98 Å². The smallest absolute Gasteiger partial charge is 0.236 e. The standard InChI is InChI=1S/C21H25NO4S/c1-3-24-18(14-23)13-16-6-8-17(9-7-16)25-11-10-19-15(2)26-21(22-19)20-5-4-12-27-20/h4-9,12,18,23H,3,10-11,13-14H2,1-2H3/t18-/m0/s1. The Morgan fingerprint density at radius 1 is 1.22 bits per heavy atom. The lowest BCUT2D eigenvalue weighted by Crippen LogP contribution is -2.20. The van der Waals surface area contributed by atoms with Crippen molar-refractivity contribution >= 4 is 11.3 Å². The Labute approximate surface area is 163 Å². The van der Waals surface area contributed by atoms with Crippen LogP contribution in [0.1, 0.15) is 23.9 Å². The maximum absolute atomic E-state index is 9.32. The highest BCUT2D eigenvalue weighted by Gasteiger charge is 2.12. The minimum Gasteiger partial charge on any atom is -0.493 e. The molecule has 0 fully saturated rings. The van der Waals surface area contributed by atoms with E-state index < -0.39 is 0 Å². The zero-order chi connectivity index (χ0) is 19.1. The molecule has 0 saturated heterocycles. The second-order valence-corrected chi connectivity index (χ2v) is 7.15. The average Bonchev–Trinajstić information content (AvgIpc) is 3.33. The van der Waals surface area contributed by atoms with E-state index in [1.54, 1.807) is 11.3 Å². The summed E-state index contributed by atoms with van der Waals surface area (Å²) >= 11 is 1.62. The number of aliphatic hydroxyl groups excluding tert-OH is 1. The van der Waals surface area contributed by atoms with Crippen molar-refractivity contribution in [1.29, 1.82) is 0 Å². The van der Waals surface area contributed by atoms with Gasteiger partial charge in [-0.05, 0) is 43.0 Å². The molecule has 2 aromatic heterocycles. The molecule has 0 aliphatic carbocycles. The predicted molar refractivity (Wildman–Crippen MR) is 106 cm³/mol. The fraction of sp³-hybridized carbons (Fsp3) is 0.381. The predicted octanol–water partition coefficient (Wildman–Crippen LogP) is 4.27. The second-order valence-electron chi connectivity index (χ2n) is 6.21. The van der Waals surface area contributed by atoms with Crippen molar-refractivity contribution in [2.75, 3.05) is 19.8 Å². The van der Waals surface area contributed by atoms with Crippen molar-refractivity contribution in [3.05, 3.63) is 58.8 Å². The number of hydrogen-bond donors (Lipinski definition) is 1. The van der Waals surface area contributed by atoms with Crippen molar-refractivity contribution in [1.82, 2.24) is 4.98 Å². The summed E-state index contributed by atoms with van der Waals surface area (Å²) in [6.07, 6.45) is 1.22. The molecule has 0 radical (unpaired) electrons. The van der Waals surface area contributed by atoms with Crippen LogP contribution in [0, 0.1) is 6.92 Å². The number of hydrogen-bond acceptors (Lipinski definition) is 6. The number of oxazole rings is 1. The Hall–Kier alpha value is -2.15. The van der Waals surface area contributed by atoms with Crippen molar-refractivity contribution in [3.8, 4) is 16.5 Å². The molecule has 0 aliphatic rings. The van der Waals surface area contributed by atoms with E-state index >= 15 is 0 Å². The molecule has 1 atom stereocenters. The molecule has 2 heterocycles. The van der Waals surface area contributed by atoms with Gasteiger partial charge in [-0.25, -0.2) is 4.98 Å². The van der Waals surface area contributed by atoms with E-state index in [1.165, 1.54) is 0 Å². The monoisotopic (exact) mass is 387 g/mol. The summed E-state index contributed by atoms with van der Waals surface area (Å²) < 4.78 is 17.1. The summed E-state index contributed by atoms with van der Waals surface area (Å²) in [6, 6.07) is 11.9. The van der Waals surface area contributed by atoms with Gasteiger partial charge in [0, 0.05) is 19.4 Å². The largest absolute Gasteiger partial charge is 0.493 e. The highest BCUT2D eigenvalue weighted by molar-refractivity contribution is 7.13. The van der Waals surface area contributed by atoms with Gasteiger partial charge in [0.15, 0.2) is 0 Å². The van der Waals surface area contributed by atoms with Crippen LogP contribution < -0.4 is 4.74 Å². The molecule has 144 valence electrons. The molecular formula is C21H25NO4S. The van der Waals surface area contributed by atoms with Crippen molar-refractivity contribution in [2.24, 2.45) is 0 Å². The minimum atomic E-state index is -0.158. The first-order chi connectivity index (χ1) is 13.2. The molecule has 3 rings (SSSR count). The van der Waals surface area contributed by atoms with Crippen LogP contribution in [0.25, 0.3) is 10.8 Å². The molecule has 6 heteroatoms. The Balaban J connectivity index is 1.51. The number of aliphatic hydroxyl groups is 1. The number of nitrogens with zero attached hydrogens (tertiary/aromatic N) is 1. The van der Waals surface area contributed by atoms with Crippen LogP contribution >= 0.6 is 11.3 Å². The van der Waals surface area contributed by atoms with Crippen LogP contribution in [0.2, 0.25) is 0 Å². The van der Waals surface area contributed by atoms with Gasteiger partial charge in [-0.2, -0.15) is 0 Å². The van der Waals surface area contributed by atoms with Gasteiger partial charge in [0.05, 0.1) is 29.9 Å². The molecule has 27 heavy (non-hydrogen) atoms. The van der Waals surface area contributed by atoms with Crippen LogP contribution in [0.15, 0.2) is 46.2 Å². The normalized spacial score (nSPS) is 12.3. The average molecular weight is 388 g/mol. The van der Waals surface area contributed by atoms with Crippen LogP contribution in [0.5, 0.6) is 5.75 Å². The van der Waals surface area contributed by atoms with Gasteiger partial charge >= 0.3 is 0 Å². The topological polar surface area (TPSA) is 64.7 Å². The molecule has 0 saturated carbocycles. The van der Waals surface area contributed by atoms with E-state index in [0.29, 0.717) is 31.9 Å². The molecule has 1 N–H and O–H groups in total. The highest BCUT2D eigenvalue weighted by Crippen LogP contribution is 2.26. The summed E-state index contributed by atoms with van der Waals surface area (Å²) in [5, 5.41) is 11.3. The van der Waals surface area contributed by atoms with Gasteiger partial charge in [0.25, 0.3) is 0 Å². The van der Waals surface area contributed by atoms with Crippen LogP contribution in [-0.4, -0.2) is 36.0 Å². The Bertz CT molecular complexity index is 811. The first kappa shape index (κ1) is 19.6. The van der Waals surface area contributed by atoms with Gasteiger partial charge in [-0.3, -0.25) is 0 Å². The fourth-order valence-corrected chi connectivity index (χ4v) is 3.48. The van der Waals surface area contributed by atoms with Gasteiger partial charge < -0.3 is 19.0 Å². The third-order valence-electron chi connectivity index (χ3n) is 4.22. The minimum absolute atomic E-state index is 0.0244. The van der Waals surface area contributed by atoms with Crippen LogP contribution in [0.4, 0.5) is 0 Å². The van der Waals surface area contributed by atoms with Gasteiger partial charge in [-0.15, -0.1) is 11.3 Å². The van der Waals surface area contributed by atoms with E-state index in [4.69, 9.17) is 13.9 Å². The lowest BCUT2D eigenvalue weighted by molar-refractivity contribution is 0.0207. The van der Waals surface area contributed by atoms with Gasteiger partial charge in [0.2, 0.25) is 5.89 Å². The summed E-state index contributed by atoms with van der Waals surface area (Å²) in [6.45, 7) is 5.03. The molecule has 0 aliphatic heterocycles. The number of rotatable bonds is 10. The van der Waals surface area contributed by atoms with E-state index in [9.17, 15) is 5.11 Å². The maximum Gasteiger partial charge on any atom is 0.236 e. The summed E-state index contributed by atoms with van der Waals surface area (Å²) in [5.74, 6) is 2.33. The molecule has 0 amide bonds. The van der Waals surface area contributed by atoms with Crippen molar-refractivity contribution in [2.45, 2.75) is 32.8 Å². The zero-order valence-electron chi connectivity index (χ0n) is 15.7.